The van der Waals surface area contributed by atoms with Gasteiger partial charge >= 0.3 is 5.97 Å². The van der Waals surface area contributed by atoms with Crippen LogP contribution in [0.1, 0.15) is 27.2 Å². The van der Waals surface area contributed by atoms with E-state index in [1.807, 2.05) is 18.2 Å². The van der Waals surface area contributed by atoms with E-state index in [0.717, 1.165) is 5.56 Å². The number of hydrogen-bond acceptors (Lipinski definition) is 3. The average molecular weight is 300 g/mol. The van der Waals surface area contributed by atoms with Crippen LogP contribution in [0.4, 0.5) is 0 Å². The molecule has 0 spiro atoms. The molecule has 23 heavy (non-hydrogen) atoms. The van der Waals surface area contributed by atoms with Crippen LogP contribution >= 0.6 is 0 Å². The van der Waals surface area contributed by atoms with Crippen molar-refractivity contribution in [3.8, 4) is 6.07 Å². The van der Waals surface area contributed by atoms with Crippen LogP contribution in [0.2, 0.25) is 0 Å². The van der Waals surface area contributed by atoms with E-state index < -0.39 is 5.97 Å². The van der Waals surface area contributed by atoms with Crippen molar-refractivity contribution in [3.05, 3.63) is 77.0 Å². The molecule has 3 aromatic rings. The average Bonchev–Trinajstić information content (AvgIpc) is 2.59. The Labute approximate surface area is 133 Å². The van der Waals surface area contributed by atoms with Crippen molar-refractivity contribution in [3.63, 3.8) is 0 Å². The number of aromatic carboxylic acids is 1. The molecule has 0 fully saturated rings. The molecular weight excluding hydrogens is 288 g/mol. The molecule has 110 valence electrons. The molecule has 0 aliphatic carbocycles. The van der Waals surface area contributed by atoms with Crippen molar-refractivity contribution < 1.29 is 9.90 Å². The predicted molar refractivity (Wildman–Crippen MR) is 88.8 cm³/mol. The third-order valence-electron chi connectivity index (χ3n) is 3.43. The van der Waals surface area contributed by atoms with Crippen molar-refractivity contribution in [1.29, 1.82) is 5.26 Å². The number of benzene rings is 2. The molecule has 1 aromatic heterocycles. The second-order valence-corrected chi connectivity index (χ2v) is 4.99. The van der Waals surface area contributed by atoms with Crippen molar-refractivity contribution in [2.75, 3.05) is 0 Å². The maximum atomic E-state index is 11.4. The van der Waals surface area contributed by atoms with Crippen LogP contribution in [0, 0.1) is 11.3 Å². The first-order valence-corrected chi connectivity index (χ1v) is 6.99. The van der Waals surface area contributed by atoms with Crippen LogP contribution in [0.25, 0.3) is 23.1 Å². The number of pyridine rings is 1. The van der Waals surface area contributed by atoms with E-state index in [1.54, 1.807) is 48.5 Å². The van der Waals surface area contributed by atoms with Crippen LogP contribution in [0.3, 0.4) is 0 Å². The Balaban J connectivity index is 2.04. The molecule has 0 saturated heterocycles. The van der Waals surface area contributed by atoms with Crippen molar-refractivity contribution >= 4 is 29.0 Å². The van der Waals surface area contributed by atoms with Gasteiger partial charge in [-0.25, -0.2) is 9.78 Å². The van der Waals surface area contributed by atoms with E-state index in [0.29, 0.717) is 22.2 Å². The Morgan fingerprint density at radius 1 is 1.09 bits per heavy atom. The van der Waals surface area contributed by atoms with Gasteiger partial charge in [-0.3, -0.25) is 0 Å². The van der Waals surface area contributed by atoms with Gasteiger partial charge in [-0.05, 0) is 35.9 Å². The molecule has 0 aliphatic heterocycles. The van der Waals surface area contributed by atoms with E-state index in [9.17, 15) is 9.90 Å². The highest BCUT2D eigenvalue weighted by molar-refractivity contribution is 6.03. The summed E-state index contributed by atoms with van der Waals surface area (Å²) in [7, 11) is 0. The molecule has 0 radical (unpaired) electrons. The summed E-state index contributed by atoms with van der Waals surface area (Å²) in [5.41, 5.74) is 2.85. The first-order chi connectivity index (χ1) is 11.2. The second kappa shape index (κ2) is 6.12. The van der Waals surface area contributed by atoms with Crippen molar-refractivity contribution in [2.45, 2.75) is 0 Å². The normalized spacial score (nSPS) is 10.7. The van der Waals surface area contributed by atoms with Gasteiger partial charge < -0.3 is 5.11 Å². The summed E-state index contributed by atoms with van der Waals surface area (Å²) in [5.74, 6) is -0.982. The Morgan fingerprint density at radius 2 is 1.91 bits per heavy atom. The molecule has 1 N–H and O–H groups in total. The van der Waals surface area contributed by atoms with Gasteiger partial charge in [0.15, 0.2) is 0 Å². The first-order valence-electron chi connectivity index (χ1n) is 6.99. The fourth-order valence-corrected chi connectivity index (χ4v) is 2.35. The van der Waals surface area contributed by atoms with Crippen molar-refractivity contribution in [2.24, 2.45) is 0 Å². The van der Waals surface area contributed by atoms with Crippen LogP contribution < -0.4 is 0 Å². The van der Waals surface area contributed by atoms with E-state index in [-0.39, 0.29) is 5.56 Å². The number of nitriles is 1. The molecule has 0 bridgehead atoms. The van der Waals surface area contributed by atoms with E-state index in [1.165, 1.54) is 0 Å². The highest BCUT2D eigenvalue weighted by Crippen LogP contribution is 2.19. The third-order valence-corrected chi connectivity index (χ3v) is 3.43. The summed E-state index contributed by atoms with van der Waals surface area (Å²) in [6, 6.07) is 17.9. The van der Waals surface area contributed by atoms with Crippen molar-refractivity contribution in [1.82, 2.24) is 4.98 Å². The summed E-state index contributed by atoms with van der Waals surface area (Å²) in [6.45, 7) is 0. The van der Waals surface area contributed by atoms with Gasteiger partial charge in [0.2, 0.25) is 0 Å². The smallest absolute Gasteiger partial charge is 0.336 e. The molecule has 0 unspecified atom stereocenters. The number of nitrogens with zero attached hydrogens (tertiary/aromatic N) is 2. The van der Waals surface area contributed by atoms with Crippen LogP contribution in [-0.2, 0) is 0 Å². The van der Waals surface area contributed by atoms with E-state index in [2.05, 4.69) is 11.1 Å². The lowest BCUT2D eigenvalue weighted by molar-refractivity contribution is 0.0699. The van der Waals surface area contributed by atoms with Crippen LogP contribution in [0.5, 0.6) is 0 Å². The number of rotatable bonds is 3. The first kappa shape index (κ1) is 14.5. The third kappa shape index (κ3) is 3.09. The maximum Gasteiger partial charge on any atom is 0.336 e. The zero-order valence-corrected chi connectivity index (χ0v) is 12.1. The quantitative estimate of drug-likeness (QED) is 0.794. The van der Waals surface area contributed by atoms with Gasteiger partial charge in [-0.2, -0.15) is 5.26 Å². The molecule has 0 amide bonds. The van der Waals surface area contributed by atoms with Gasteiger partial charge in [0.1, 0.15) is 0 Å². The number of carbonyl (C=O) groups is 1. The molecule has 4 nitrogen and oxygen atoms in total. The molecule has 3 rings (SSSR count). The van der Waals surface area contributed by atoms with Gasteiger partial charge in [0, 0.05) is 5.39 Å². The monoisotopic (exact) mass is 300 g/mol. The number of carboxylic acids is 1. The highest BCUT2D eigenvalue weighted by atomic mass is 16.4. The minimum Gasteiger partial charge on any atom is -0.478 e. The lowest BCUT2D eigenvalue weighted by Crippen LogP contribution is -2.00. The zero-order valence-electron chi connectivity index (χ0n) is 12.1. The lowest BCUT2D eigenvalue weighted by atomic mass is 10.1. The topological polar surface area (TPSA) is 74.0 Å². The summed E-state index contributed by atoms with van der Waals surface area (Å²) < 4.78 is 0. The minimum absolute atomic E-state index is 0.223. The Morgan fingerprint density at radius 3 is 2.70 bits per heavy atom. The molecule has 1 heterocycles. The standard InChI is InChI=1S/C19H12N2O2/c20-12-14-5-3-4-13(10-14)8-9-15-11-17(19(22)23)16-6-1-2-7-18(16)21-15/h1-11H,(H,22,23)/b9-8+. The maximum absolute atomic E-state index is 11.4. The van der Waals surface area contributed by atoms with Crippen LogP contribution in [-0.4, -0.2) is 16.1 Å². The predicted octanol–water partition coefficient (Wildman–Crippen LogP) is 3.98. The lowest BCUT2D eigenvalue weighted by Gasteiger charge is -2.04. The SMILES string of the molecule is N#Cc1cccc(/C=C/c2cc(C(=O)O)c3ccccc3n2)c1. The Bertz CT molecular complexity index is 969. The van der Waals surface area contributed by atoms with E-state index in [4.69, 9.17) is 5.26 Å². The molecule has 0 aliphatic rings. The van der Waals surface area contributed by atoms with E-state index >= 15 is 0 Å². The zero-order chi connectivity index (χ0) is 16.2. The molecule has 0 saturated carbocycles. The summed E-state index contributed by atoms with van der Waals surface area (Å²) in [6.07, 6.45) is 3.55. The molecule has 4 heteroatoms. The summed E-state index contributed by atoms with van der Waals surface area (Å²) >= 11 is 0. The number of fused-ring (bicyclic) bond motifs is 1. The van der Waals surface area contributed by atoms with Gasteiger partial charge in [0.05, 0.1) is 28.4 Å². The number of hydrogen-bond donors (Lipinski definition) is 1. The highest BCUT2D eigenvalue weighted by Gasteiger charge is 2.10. The molecule has 2 aromatic carbocycles. The van der Waals surface area contributed by atoms with Crippen LogP contribution in [0.15, 0.2) is 54.6 Å². The number of carboxylic acid groups (broad SMARTS) is 1. The van der Waals surface area contributed by atoms with Gasteiger partial charge in [0.25, 0.3) is 0 Å². The second-order valence-electron chi connectivity index (χ2n) is 4.99. The largest absolute Gasteiger partial charge is 0.478 e. The Hall–Kier alpha value is -3.45. The minimum atomic E-state index is -0.982. The van der Waals surface area contributed by atoms with Gasteiger partial charge in [-0.15, -0.1) is 0 Å². The fraction of sp³-hybridized carbons (Fsp3) is 0. The summed E-state index contributed by atoms with van der Waals surface area (Å²) in [5, 5.41) is 18.9. The summed E-state index contributed by atoms with van der Waals surface area (Å²) in [4.78, 5) is 15.9. The molecular formula is C19H12N2O2. The number of aromatic nitrogens is 1. The Kier molecular flexibility index (Phi) is 3.86. The molecule has 0 atom stereocenters. The van der Waals surface area contributed by atoms with Gasteiger partial charge in [-0.1, -0.05) is 36.4 Å². The fourth-order valence-electron chi connectivity index (χ4n) is 2.35. The number of para-hydroxylation sites is 1.